The van der Waals surface area contributed by atoms with Gasteiger partial charge in [-0.2, -0.15) is 5.10 Å². The molecule has 0 unspecified atom stereocenters. The zero-order valence-electron chi connectivity index (χ0n) is 18.0. The molecule has 1 heterocycles. The van der Waals surface area contributed by atoms with Crippen LogP contribution in [0.4, 0.5) is 0 Å². The second-order valence-corrected chi connectivity index (χ2v) is 7.72. The standard InChI is InChI=1S/C22H33N5O.HI/c1-16-6-9-20(21(12-16)28-15-19-7-8-19)14-25-22(23-4)24-10-5-11-27-18(3)13-17(2)26-27;/h6,9,12-13,19H,5,7-8,10-11,14-15H2,1-4H3,(H2,23,24,25);1H. The lowest BCUT2D eigenvalue weighted by atomic mass is 10.1. The molecular weight excluding hydrogens is 477 g/mol. The molecular formula is C22H34IN5O. The Labute approximate surface area is 191 Å². The van der Waals surface area contributed by atoms with Crippen LogP contribution in [0.25, 0.3) is 0 Å². The minimum Gasteiger partial charge on any atom is -0.493 e. The van der Waals surface area contributed by atoms with Crippen LogP contribution in [0.1, 0.15) is 41.8 Å². The Kier molecular flexibility index (Phi) is 9.26. The number of ether oxygens (including phenoxy) is 1. The van der Waals surface area contributed by atoms with Gasteiger partial charge in [0, 0.05) is 37.9 Å². The molecule has 1 aliphatic carbocycles. The molecule has 0 atom stereocenters. The molecule has 0 saturated heterocycles. The van der Waals surface area contributed by atoms with Gasteiger partial charge in [-0.05, 0) is 63.6 Å². The number of aliphatic imine (C=N–C) groups is 1. The van der Waals surface area contributed by atoms with Gasteiger partial charge >= 0.3 is 0 Å². The van der Waals surface area contributed by atoms with Crippen molar-refractivity contribution < 1.29 is 4.74 Å². The van der Waals surface area contributed by atoms with E-state index in [0.29, 0.717) is 6.54 Å². The second kappa shape index (κ2) is 11.4. The number of aryl methyl sites for hydroxylation is 4. The molecule has 0 aliphatic heterocycles. The van der Waals surface area contributed by atoms with Gasteiger partial charge < -0.3 is 15.4 Å². The van der Waals surface area contributed by atoms with Gasteiger partial charge in [-0.3, -0.25) is 9.67 Å². The van der Waals surface area contributed by atoms with Crippen molar-refractivity contribution in [2.45, 2.75) is 53.1 Å². The van der Waals surface area contributed by atoms with Crippen LogP contribution in [0, 0.1) is 26.7 Å². The Hall–Kier alpha value is -1.77. The van der Waals surface area contributed by atoms with Crippen molar-refractivity contribution in [3.8, 4) is 5.75 Å². The van der Waals surface area contributed by atoms with Crippen LogP contribution in [-0.2, 0) is 13.1 Å². The maximum Gasteiger partial charge on any atom is 0.191 e. The molecule has 160 valence electrons. The van der Waals surface area contributed by atoms with Gasteiger partial charge in [-0.15, -0.1) is 24.0 Å². The highest BCUT2D eigenvalue weighted by Crippen LogP contribution is 2.30. The minimum absolute atomic E-state index is 0. The monoisotopic (exact) mass is 511 g/mol. The van der Waals surface area contributed by atoms with E-state index in [4.69, 9.17) is 4.74 Å². The topological polar surface area (TPSA) is 63.5 Å². The molecule has 1 aromatic carbocycles. The van der Waals surface area contributed by atoms with Gasteiger partial charge in [0.15, 0.2) is 5.96 Å². The zero-order chi connectivity index (χ0) is 19.9. The Morgan fingerprint density at radius 1 is 1.21 bits per heavy atom. The first kappa shape index (κ1) is 23.5. The second-order valence-electron chi connectivity index (χ2n) is 7.72. The SMILES string of the molecule is CN=C(NCCCn1nc(C)cc1C)NCc1ccc(C)cc1OCC1CC1.I. The highest BCUT2D eigenvalue weighted by molar-refractivity contribution is 14.0. The molecule has 0 bridgehead atoms. The van der Waals surface area contributed by atoms with Crippen molar-refractivity contribution in [3.05, 3.63) is 46.8 Å². The molecule has 1 aliphatic rings. The van der Waals surface area contributed by atoms with Crippen molar-refractivity contribution in [3.63, 3.8) is 0 Å². The third-order valence-corrected chi connectivity index (χ3v) is 5.01. The van der Waals surface area contributed by atoms with E-state index in [0.717, 1.165) is 55.0 Å². The Morgan fingerprint density at radius 3 is 2.66 bits per heavy atom. The number of guanidine groups is 1. The highest BCUT2D eigenvalue weighted by atomic mass is 127. The summed E-state index contributed by atoms with van der Waals surface area (Å²) in [4.78, 5) is 4.33. The third kappa shape index (κ3) is 7.53. The smallest absolute Gasteiger partial charge is 0.191 e. The van der Waals surface area contributed by atoms with Crippen LogP contribution in [-0.4, -0.2) is 35.9 Å². The van der Waals surface area contributed by atoms with E-state index >= 15 is 0 Å². The summed E-state index contributed by atoms with van der Waals surface area (Å²) < 4.78 is 8.12. The minimum atomic E-state index is 0. The molecule has 7 heteroatoms. The van der Waals surface area contributed by atoms with Crippen LogP contribution in [0.3, 0.4) is 0 Å². The van der Waals surface area contributed by atoms with Crippen LogP contribution < -0.4 is 15.4 Å². The number of rotatable bonds is 9. The van der Waals surface area contributed by atoms with Crippen molar-refractivity contribution in [2.24, 2.45) is 10.9 Å². The molecule has 0 amide bonds. The predicted octanol–water partition coefficient (Wildman–Crippen LogP) is 3.97. The summed E-state index contributed by atoms with van der Waals surface area (Å²) in [7, 11) is 1.80. The summed E-state index contributed by atoms with van der Waals surface area (Å²) >= 11 is 0. The van der Waals surface area contributed by atoms with Crippen LogP contribution in [0.15, 0.2) is 29.3 Å². The maximum absolute atomic E-state index is 6.06. The number of benzene rings is 1. The van der Waals surface area contributed by atoms with Gasteiger partial charge in [-0.25, -0.2) is 0 Å². The summed E-state index contributed by atoms with van der Waals surface area (Å²) in [5.41, 5.74) is 4.66. The van der Waals surface area contributed by atoms with Crippen molar-refractivity contribution >= 4 is 29.9 Å². The highest BCUT2D eigenvalue weighted by Gasteiger charge is 2.22. The molecule has 2 N–H and O–H groups in total. The van der Waals surface area contributed by atoms with Gasteiger partial charge in [0.2, 0.25) is 0 Å². The van der Waals surface area contributed by atoms with E-state index in [2.05, 4.69) is 63.5 Å². The van der Waals surface area contributed by atoms with E-state index < -0.39 is 0 Å². The molecule has 2 aromatic rings. The first-order valence-corrected chi connectivity index (χ1v) is 10.2. The first-order chi connectivity index (χ1) is 13.5. The van der Waals surface area contributed by atoms with Crippen molar-refractivity contribution in [1.82, 2.24) is 20.4 Å². The van der Waals surface area contributed by atoms with E-state index in [9.17, 15) is 0 Å². The fourth-order valence-electron chi connectivity index (χ4n) is 3.17. The van der Waals surface area contributed by atoms with Gasteiger partial charge in [0.05, 0.1) is 12.3 Å². The zero-order valence-corrected chi connectivity index (χ0v) is 20.3. The average molecular weight is 511 g/mol. The van der Waals surface area contributed by atoms with E-state index in [-0.39, 0.29) is 24.0 Å². The van der Waals surface area contributed by atoms with Crippen molar-refractivity contribution in [2.75, 3.05) is 20.2 Å². The number of aromatic nitrogens is 2. The summed E-state index contributed by atoms with van der Waals surface area (Å²) in [6.07, 6.45) is 3.59. The third-order valence-electron chi connectivity index (χ3n) is 5.01. The molecule has 0 radical (unpaired) electrons. The predicted molar refractivity (Wildman–Crippen MR) is 129 cm³/mol. The normalized spacial score (nSPS) is 13.7. The number of nitrogens with one attached hydrogen (secondary N) is 2. The molecule has 3 rings (SSSR count). The average Bonchev–Trinajstić information content (AvgIpc) is 3.44. The Balaban J connectivity index is 0.00000300. The van der Waals surface area contributed by atoms with E-state index in [1.165, 1.54) is 24.1 Å². The lowest BCUT2D eigenvalue weighted by Gasteiger charge is -2.15. The Bertz CT molecular complexity index is 814. The summed E-state index contributed by atoms with van der Waals surface area (Å²) in [6, 6.07) is 8.51. The van der Waals surface area contributed by atoms with Crippen LogP contribution >= 0.6 is 24.0 Å². The largest absolute Gasteiger partial charge is 0.493 e. The fourth-order valence-corrected chi connectivity index (χ4v) is 3.17. The number of halogens is 1. The first-order valence-electron chi connectivity index (χ1n) is 10.2. The van der Waals surface area contributed by atoms with E-state index in [1.54, 1.807) is 7.05 Å². The number of hydrogen-bond donors (Lipinski definition) is 2. The molecule has 1 saturated carbocycles. The lowest BCUT2D eigenvalue weighted by molar-refractivity contribution is 0.296. The van der Waals surface area contributed by atoms with Gasteiger partial charge in [0.25, 0.3) is 0 Å². The molecule has 6 nitrogen and oxygen atoms in total. The summed E-state index contributed by atoms with van der Waals surface area (Å²) in [5.74, 6) is 2.54. The fraction of sp³-hybridized carbons (Fsp3) is 0.545. The quantitative estimate of drug-likeness (QED) is 0.232. The summed E-state index contributed by atoms with van der Waals surface area (Å²) in [5, 5.41) is 11.3. The molecule has 0 spiro atoms. The molecule has 1 aromatic heterocycles. The summed E-state index contributed by atoms with van der Waals surface area (Å²) in [6.45, 7) is 9.50. The van der Waals surface area contributed by atoms with Crippen molar-refractivity contribution in [1.29, 1.82) is 0 Å². The maximum atomic E-state index is 6.06. The lowest BCUT2D eigenvalue weighted by Crippen LogP contribution is -2.37. The van der Waals surface area contributed by atoms with Crippen LogP contribution in [0.2, 0.25) is 0 Å². The number of hydrogen-bond acceptors (Lipinski definition) is 3. The van der Waals surface area contributed by atoms with Crippen LogP contribution in [0.5, 0.6) is 5.75 Å². The van der Waals surface area contributed by atoms with Gasteiger partial charge in [0.1, 0.15) is 5.75 Å². The van der Waals surface area contributed by atoms with E-state index in [1.807, 2.05) is 6.92 Å². The molecule has 29 heavy (non-hydrogen) atoms. The Morgan fingerprint density at radius 2 is 2.00 bits per heavy atom. The van der Waals surface area contributed by atoms with Gasteiger partial charge in [-0.1, -0.05) is 12.1 Å². The number of nitrogens with zero attached hydrogens (tertiary/aromatic N) is 3. The molecule has 1 fully saturated rings.